The van der Waals surface area contributed by atoms with E-state index in [9.17, 15) is 4.79 Å². The molecule has 1 aromatic heterocycles. The number of rotatable bonds is 3. The van der Waals surface area contributed by atoms with Gasteiger partial charge in [0.15, 0.2) is 11.5 Å². The lowest BCUT2D eigenvalue weighted by molar-refractivity contribution is 0.0686. The quantitative estimate of drug-likeness (QED) is 0.911. The average molecular weight is 259 g/mol. The molecule has 1 N–H and O–H groups in total. The number of aromatic carboxylic acids is 1. The van der Waals surface area contributed by atoms with Gasteiger partial charge in [-0.05, 0) is 42.5 Å². The maximum atomic E-state index is 10.9. The summed E-state index contributed by atoms with van der Waals surface area (Å²) in [5, 5.41) is 12.5. The zero-order valence-electron chi connectivity index (χ0n) is 11.5. The van der Waals surface area contributed by atoms with Gasteiger partial charge in [0.25, 0.3) is 0 Å². The molecule has 0 atom stereocenters. The fourth-order valence-corrected chi connectivity index (χ4v) is 1.98. The smallest absolute Gasteiger partial charge is 0.358 e. The largest absolute Gasteiger partial charge is 0.476 e. The number of benzene rings is 1. The van der Waals surface area contributed by atoms with E-state index in [0.717, 1.165) is 16.7 Å². The summed E-state index contributed by atoms with van der Waals surface area (Å²) in [7, 11) is 0. The van der Waals surface area contributed by atoms with Crippen LogP contribution in [0.1, 0.15) is 46.9 Å². The Balaban J connectivity index is 2.56. The van der Waals surface area contributed by atoms with Crippen molar-refractivity contribution in [1.82, 2.24) is 5.16 Å². The molecule has 0 aliphatic rings. The van der Waals surface area contributed by atoms with E-state index in [1.807, 2.05) is 19.9 Å². The number of carboxylic acids is 1. The molecule has 0 saturated carbocycles. The molecule has 1 aromatic carbocycles. The van der Waals surface area contributed by atoms with Gasteiger partial charge in [-0.25, -0.2) is 4.79 Å². The Bertz CT molecular complexity index is 626. The minimum Gasteiger partial charge on any atom is -0.476 e. The fraction of sp³-hybridized carbons (Fsp3) is 0.333. The second kappa shape index (κ2) is 4.88. The summed E-state index contributed by atoms with van der Waals surface area (Å²) in [5.41, 5.74) is 4.28. The van der Waals surface area contributed by atoms with Gasteiger partial charge in [0, 0.05) is 11.6 Å². The molecule has 0 fully saturated rings. The number of aromatic nitrogens is 1. The van der Waals surface area contributed by atoms with Gasteiger partial charge < -0.3 is 9.63 Å². The highest BCUT2D eigenvalue weighted by Crippen LogP contribution is 2.30. The molecule has 100 valence electrons. The van der Waals surface area contributed by atoms with Crippen LogP contribution in [-0.4, -0.2) is 16.2 Å². The first-order valence-electron chi connectivity index (χ1n) is 6.21. The van der Waals surface area contributed by atoms with Gasteiger partial charge in [0.1, 0.15) is 0 Å². The first-order valence-corrected chi connectivity index (χ1v) is 6.21. The third-order valence-corrected chi connectivity index (χ3v) is 3.35. The molecule has 0 radical (unpaired) electrons. The van der Waals surface area contributed by atoms with Gasteiger partial charge in [0.2, 0.25) is 0 Å². The number of carboxylic acid groups (broad SMARTS) is 1. The maximum Gasteiger partial charge on any atom is 0.358 e. The van der Waals surface area contributed by atoms with Gasteiger partial charge in [-0.3, -0.25) is 0 Å². The molecule has 2 rings (SSSR count). The van der Waals surface area contributed by atoms with Gasteiger partial charge in [-0.2, -0.15) is 0 Å². The second-order valence-corrected chi connectivity index (χ2v) is 5.05. The Labute approximate surface area is 112 Å². The molecule has 0 aliphatic carbocycles. The lowest BCUT2D eigenvalue weighted by Gasteiger charge is -2.12. The number of aryl methyl sites for hydroxylation is 1. The van der Waals surface area contributed by atoms with Crippen molar-refractivity contribution < 1.29 is 14.4 Å². The van der Waals surface area contributed by atoms with E-state index < -0.39 is 5.97 Å². The van der Waals surface area contributed by atoms with Crippen molar-refractivity contribution in [1.29, 1.82) is 0 Å². The molecule has 4 heteroatoms. The van der Waals surface area contributed by atoms with Crippen LogP contribution in [0.2, 0.25) is 0 Å². The van der Waals surface area contributed by atoms with Crippen molar-refractivity contribution in [2.24, 2.45) is 0 Å². The summed E-state index contributed by atoms with van der Waals surface area (Å²) < 4.78 is 5.15. The molecule has 0 spiro atoms. The van der Waals surface area contributed by atoms with Crippen molar-refractivity contribution >= 4 is 5.97 Å². The van der Waals surface area contributed by atoms with Crippen molar-refractivity contribution in [3.8, 4) is 11.3 Å². The van der Waals surface area contributed by atoms with Crippen molar-refractivity contribution in [2.75, 3.05) is 0 Å². The molecule has 0 aliphatic heterocycles. The zero-order chi connectivity index (χ0) is 14.2. The summed E-state index contributed by atoms with van der Waals surface area (Å²) in [4.78, 5) is 10.9. The molecule has 0 saturated heterocycles. The second-order valence-electron chi connectivity index (χ2n) is 5.05. The summed E-state index contributed by atoms with van der Waals surface area (Å²) in [6.07, 6.45) is 0. The highest BCUT2D eigenvalue weighted by Gasteiger charge is 2.16. The molecular formula is C15H17NO3. The number of nitrogens with zero attached hydrogens (tertiary/aromatic N) is 1. The van der Waals surface area contributed by atoms with Crippen LogP contribution >= 0.6 is 0 Å². The Hall–Kier alpha value is -2.10. The van der Waals surface area contributed by atoms with E-state index in [-0.39, 0.29) is 5.69 Å². The third-order valence-electron chi connectivity index (χ3n) is 3.35. The first kappa shape index (κ1) is 13.3. The Morgan fingerprint density at radius 2 is 1.95 bits per heavy atom. The zero-order valence-corrected chi connectivity index (χ0v) is 11.5. The van der Waals surface area contributed by atoms with Crippen LogP contribution < -0.4 is 0 Å². The van der Waals surface area contributed by atoms with E-state index in [1.54, 1.807) is 0 Å². The molecule has 4 nitrogen and oxygen atoms in total. The van der Waals surface area contributed by atoms with Crippen LogP contribution in [0, 0.1) is 13.8 Å². The lowest BCUT2D eigenvalue weighted by Crippen LogP contribution is -1.95. The Morgan fingerprint density at radius 1 is 1.26 bits per heavy atom. The van der Waals surface area contributed by atoms with Crippen LogP contribution in [0.3, 0.4) is 0 Å². The van der Waals surface area contributed by atoms with Gasteiger partial charge >= 0.3 is 5.97 Å². The Kier molecular flexibility index (Phi) is 3.42. The third kappa shape index (κ3) is 2.52. The molecule has 2 aromatic rings. The predicted octanol–water partition coefficient (Wildman–Crippen LogP) is 3.78. The predicted molar refractivity (Wildman–Crippen MR) is 72.5 cm³/mol. The summed E-state index contributed by atoms with van der Waals surface area (Å²) in [6.45, 7) is 8.28. The minimum atomic E-state index is -1.08. The van der Waals surface area contributed by atoms with Crippen LogP contribution in [0.5, 0.6) is 0 Å². The van der Waals surface area contributed by atoms with Crippen molar-refractivity contribution in [3.63, 3.8) is 0 Å². The molecular weight excluding hydrogens is 242 g/mol. The molecule has 1 heterocycles. The van der Waals surface area contributed by atoms with E-state index in [0.29, 0.717) is 11.7 Å². The average Bonchev–Trinajstić information content (AvgIpc) is 2.81. The number of carbonyl (C=O) groups is 1. The molecule has 0 bridgehead atoms. The maximum absolute atomic E-state index is 10.9. The van der Waals surface area contributed by atoms with Crippen LogP contribution in [0.25, 0.3) is 11.3 Å². The van der Waals surface area contributed by atoms with Crippen LogP contribution in [0.15, 0.2) is 22.7 Å². The Morgan fingerprint density at radius 3 is 2.47 bits per heavy atom. The molecule has 19 heavy (non-hydrogen) atoms. The SMILES string of the molecule is Cc1cc(C(C)C)cc(-c2cc(C(=O)O)no2)c1C. The van der Waals surface area contributed by atoms with Gasteiger partial charge in [-0.15, -0.1) is 0 Å². The van der Waals surface area contributed by atoms with Crippen molar-refractivity contribution in [3.05, 3.63) is 40.6 Å². The molecule has 0 amide bonds. The standard InChI is InChI=1S/C15H17NO3/c1-8(2)11-5-9(3)10(4)12(6-11)14-7-13(15(17)18)16-19-14/h5-8H,1-4H3,(H,17,18). The van der Waals surface area contributed by atoms with Gasteiger partial charge in [0.05, 0.1) is 0 Å². The normalized spacial score (nSPS) is 11.0. The highest BCUT2D eigenvalue weighted by atomic mass is 16.5. The van der Waals surface area contributed by atoms with Crippen LogP contribution in [0.4, 0.5) is 0 Å². The van der Waals surface area contributed by atoms with Gasteiger partial charge in [-0.1, -0.05) is 25.1 Å². The van der Waals surface area contributed by atoms with Crippen molar-refractivity contribution in [2.45, 2.75) is 33.6 Å². The van der Waals surface area contributed by atoms with E-state index in [1.165, 1.54) is 11.6 Å². The summed E-state index contributed by atoms with van der Waals surface area (Å²) in [5.74, 6) is -0.176. The summed E-state index contributed by atoms with van der Waals surface area (Å²) >= 11 is 0. The fourth-order valence-electron chi connectivity index (χ4n) is 1.98. The van der Waals surface area contributed by atoms with E-state index in [4.69, 9.17) is 9.63 Å². The summed E-state index contributed by atoms with van der Waals surface area (Å²) in [6, 6.07) is 5.66. The minimum absolute atomic E-state index is 0.0676. The van der Waals surface area contributed by atoms with Crippen LogP contribution in [-0.2, 0) is 0 Å². The lowest BCUT2D eigenvalue weighted by atomic mass is 9.93. The monoisotopic (exact) mass is 259 g/mol. The molecule has 0 unspecified atom stereocenters. The first-order chi connectivity index (χ1) is 8.90. The van der Waals surface area contributed by atoms with E-state index in [2.05, 4.69) is 25.1 Å². The number of hydrogen-bond acceptors (Lipinski definition) is 3. The highest BCUT2D eigenvalue weighted by molar-refractivity contribution is 5.86. The topological polar surface area (TPSA) is 63.3 Å². The van der Waals surface area contributed by atoms with E-state index >= 15 is 0 Å². The number of hydrogen-bond donors (Lipinski definition) is 1.